The minimum atomic E-state index is -0.222. The standard InChI is InChI=1S/C14H23N3O2.2ClH/c1-3-17(4-2)9-10-19-13-8-6-5-7-12(13)16-14(18)11-15;;/h5-8H,3-4,9-11,15H2,1-2H3,(H,16,18);2*1H. The van der Waals surface area contributed by atoms with Crippen molar-refractivity contribution in [3.63, 3.8) is 0 Å². The molecule has 0 aromatic heterocycles. The number of nitrogens with zero attached hydrogens (tertiary/aromatic N) is 1. The van der Waals surface area contributed by atoms with Crippen LogP contribution in [-0.4, -0.2) is 43.6 Å². The van der Waals surface area contributed by atoms with Gasteiger partial charge in [-0.25, -0.2) is 0 Å². The van der Waals surface area contributed by atoms with Crippen LogP contribution in [0.25, 0.3) is 0 Å². The number of anilines is 1. The number of rotatable bonds is 8. The summed E-state index contributed by atoms with van der Waals surface area (Å²) in [5.41, 5.74) is 5.95. The Balaban J connectivity index is 0. The number of hydrogen-bond acceptors (Lipinski definition) is 4. The van der Waals surface area contributed by atoms with Crippen LogP contribution in [-0.2, 0) is 4.79 Å². The average molecular weight is 338 g/mol. The summed E-state index contributed by atoms with van der Waals surface area (Å²) in [4.78, 5) is 13.6. The van der Waals surface area contributed by atoms with E-state index in [-0.39, 0.29) is 37.3 Å². The lowest BCUT2D eigenvalue weighted by Gasteiger charge is -2.19. The summed E-state index contributed by atoms with van der Waals surface area (Å²) in [6.45, 7) is 7.69. The van der Waals surface area contributed by atoms with Gasteiger partial charge in [0.25, 0.3) is 0 Å². The zero-order chi connectivity index (χ0) is 14.1. The smallest absolute Gasteiger partial charge is 0.238 e. The first-order valence-electron chi connectivity index (χ1n) is 6.65. The van der Waals surface area contributed by atoms with Crippen LogP contribution >= 0.6 is 24.8 Å². The van der Waals surface area contributed by atoms with Crippen molar-refractivity contribution in [3.8, 4) is 5.75 Å². The van der Waals surface area contributed by atoms with Crippen LogP contribution in [0.15, 0.2) is 24.3 Å². The first kappa shape index (κ1) is 22.3. The molecular weight excluding hydrogens is 313 g/mol. The quantitative estimate of drug-likeness (QED) is 0.762. The van der Waals surface area contributed by atoms with Gasteiger partial charge in [0.1, 0.15) is 12.4 Å². The summed E-state index contributed by atoms with van der Waals surface area (Å²) in [6, 6.07) is 7.38. The van der Waals surface area contributed by atoms with Gasteiger partial charge in [-0.3, -0.25) is 4.79 Å². The van der Waals surface area contributed by atoms with Crippen LogP contribution in [0.4, 0.5) is 5.69 Å². The molecule has 0 aliphatic carbocycles. The fourth-order valence-corrected chi connectivity index (χ4v) is 1.72. The lowest BCUT2D eigenvalue weighted by atomic mass is 10.3. The van der Waals surface area contributed by atoms with Gasteiger partial charge in [-0.15, -0.1) is 24.8 Å². The molecule has 122 valence electrons. The topological polar surface area (TPSA) is 67.6 Å². The molecule has 0 spiro atoms. The number of carbonyl (C=O) groups excluding carboxylic acids is 1. The van der Waals surface area contributed by atoms with Gasteiger partial charge in [-0.1, -0.05) is 26.0 Å². The van der Waals surface area contributed by atoms with Crippen molar-refractivity contribution < 1.29 is 9.53 Å². The Labute approximate surface area is 139 Å². The minimum absolute atomic E-state index is 0. The molecule has 0 aliphatic heterocycles. The van der Waals surface area contributed by atoms with Crippen LogP contribution in [0, 0.1) is 0 Å². The Kier molecular flexibility index (Phi) is 13.5. The molecule has 7 heteroatoms. The minimum Gasteiger partial charge on any atom is -0.490 e. The van der Waals surface area contributed by atoms with Crippen LogP contribution < -0.4 is 15.8 Å². The van der Waals surface area contributed by atoms with Gasteiger partial charge in [-0.05, 0) is 25.2 Å². The van der Waals surface area contributed by atoms with E-state index in [0.29, 0.717) is 18.0 Å². The van der Waals surface area contributed by atoms with E-state index < -0.39 is 0 Å². The third kappa shape index (κ3) is 8.12. The van der Waals surface area contributed by atoms with Crippen molar-refractivity contribution >= 4 is 36.4 Å². The summed E-state index contributed by atoms with van der Waals surface area (Å²) in [6.07, 6.45) is 0. The van der Waals surface area contributed by atoms with Gasteiger partial charge in [0.2, 0.25) is 5.91 Å². The van der Waals surface area contributed by atoms with Gasteiger partial charge in [0.15, 0.2) is 0 Å². The third-order valence-corrected chi connectivity index (χ3v) is 2.91. The Morgan fingerprint density at radius 1 is 1.24 bits per heavy atom. The molecule has 5 nitrogen and oxygen atoms in total. The molecule has 1 aromatic carbocycles. The fraction of sp³-hybridized carbons (Fsp3) is 0.500. The van der Waals surface area contributed by atoms with Crippen molar-refractivity contribution in [3.05, 3.63) is 24.3 Å². The largest absolute Gasteiger partial charge is 0.490 e. The van der Waals surface area contributed by atoms with Crippen molar-refractivity contribution in [2.45, 2.75) is 13.8 Å². The van der Waals surface area contributed by atoms with Crippen molar-refractivity contribution in [1.82, 2.24) is 4.90 Å². The highest BCUT2D eigenvalue weighted by molar-refractivity contribution is 5.93. The highest BCUT2D eigenvalue weighted by Gasteiger charge is 2.06. The maximum Gasteiger partial charge on any atom is 0.238 e. The summed E-state index contributed by atoms with van der Waals surface area (Å²) in [5.74, 6) is 0.455. The predicted octanol–water partition coefficient (Wildman–Crippen LogP) is 2.15. The lowest BCUT2D eigenvalue weighted by Crippen LogP contribution is -2.28. The Bertz CT molecular complexity index is 402. The molecule has 0 saturated heterocycles. The monoisotopic (exact) mass is 337 g/mol. The van der Waals surface area contributed by atoms with Gasteiger partial charge in [-0.2, -0.15) is 0 Å². The van der Waals surface area contributed by atoms with E-state index in [0.717, 1.165) is 19.6 Å². The number of hydrogen-bond donors (Lipinski definition) is 2. The van der Waals surface area contributed by atoms with E-state index >= 15 is 0 Å². The molecule has 1 amide bonds. The number of nitrogens with two attached hydrogens (primary N) is 1. The predicted molar refractivity (Wildman–Crippen MR) is 91.9 cm³/mol. The first-order valence-corrected chi connectivity index (χ1v) is 6.65. The molecule has 0 atom stereocenters. The summed E-state index contributed by atoms with van der Waals surface area (Å²) < 4.78 is 5.72. The second-order valence-electron chi connectivity index (χ2n) is 4.12. The van der Waals surface area contributed by atoms with E-state index in [9.17, 15) is 4.79 Å². The number of benzene rings is 1. The molecule has 0 aliphatic rings. The summed E-state index contributed by atoms with van der Waals surface area (Å²) in [5, 5.41) is 2.72. The van der Waals surface area contributed by atoms with Crippen LogP contribution in [0.2, 0.25) is 0 Å². The van der Waals surface area contributed by atoms with E-state index in [2.05, 4.69) is 24.1 Å². The number of amides is 1. The fourth-order valence-electron chi connectivity index (χ4n) is 1.72. The zero-order valence-electron chi connectivity index (χ0n) is 12.5. The molecule has 0 heterocycles. The molecule has 0 unspecified atom stereocenters. The van der Waals surface area contributed by atoms with Crippen LogP contribution in [0.3, 0.4) is 0 Å². The summed E-state index contributed by atoms with van der Waals surface area (Å²) in [7, 11) is 0. The Hall–Kier alpha value is -1.01. The molecule has 0 radical (unpaired) electrons. The van der Waals surface area contributed by atoms with Crippen molar-refractivity contribution in [1.29, 1.82) is 0 Å². The molecule has 0 bridgehead atoms. The number of para-hydroxylation sites is 2. The molecule has 21 heavy (non-hydrogen) atoms. The number of ether oxygens (including phenoxy) is 1. The van der Waals surface area contributed by atoms with Crippen LogP contribution in [0.5, 0.6) is 5.75 Å². The number of halogens is 2. The first-order chi connectivity index (χ1) is 9.21. The molecular formula is C14H25Cl2N3O2. The van der Waals surface area contributed by atoms with E-state index in [4.69, 9.17) is 10.5 Å². The van der Waals surface area contributed by atoms with Gasteiger partial charge >= 0.3 is 0 Å². The van der Waals surface area contributed by atoms with Crippen molar-refractivity contribution in [2.24, 2.45) is 5.73 Å². The molecule has 1 rings (SSSR count). The number of likely N-dealkylation sites (N-methyl/N-ethyl adjacent to an activating group) is 1. The van der Waals surface area contributed by atoms with Crippen molar-refractivity contribution in [2.75, 3.05) is 38.1 Å². The maximum atomic E-state index is 11.3. The summed E-state index contributed by atoms with van der Waals surface area (Å²) >= 11 is 0. The normalized spacial score (nSPS) is 9.52. The molecule has 0 saturated carbocycles. The molecule has 3 N–H and O–H groups in total. The van der Waals surface area contributed by atoms with E-state index in [1.165, 1.54) is 0 Å². The number of carbonyl (C=O) groups is 1. The second kappa shape index (κ2) is 12.7. The Morgan fingerprint density at radius 3 is 2.43 bits per heavy atom. The lowest BCUT2D eigenvalue weighted by molar-refractivity contribution is -0.114. The van der Waals surface area contributed by atoms with Gasteiger partial charge < -0.3 is 20.7 Å². The molecule has 1 aromatic rings. The maximum absolute atomic E-state index is 11.3. The zero-order valence-corrected chi connectivity index (χ0v) is 14.1. The second-order valence-corrected chi connectivity index (χ2v) is 4.12. The average Bonchev–Trinajstić information content (AvgIpc) is 2.45. The molecule has 0 fully saturated rings. The third-order valence-electron chi connectivity index (χ3n) is 2.91. The SMILES string of the molecule is CCN(CC)CCOc1ccccc1NC(=O)CN.Cl.Cl. The van der Waals surface area contributed by atoms with E-state index in [1.807, 2.05) is 18.2 Å². The van der Waals surface area contributed by atoms with Gasteiger partial charge in [0.05, 0.1) is 12.2 Å². The van der Waals surface area contributed by atoms with Crippen LogP contribution in [0.1, 0.15) is 13.8 Å². The highest BCUT2D eigenvalue weighted by atomic mass is 35.5. The highest BCUT2D eigenvalue weighted by Crippen LogP contribution is 2.23. The Morgan fingerprint density at radius 2 is 1.86 bits per heavy atom. The van der Waals surface area contributed by atoms with Gasteiger partial charge in [0, 0.05) is 6.54 Å². The van der Waals surface area contributed by atoms with E-state index in [1.54, 1.807) is 6.07 Å². The number of nitrogens with one attached hydrogen (secondary N) is 1.